The van der Waals surface area contributed by atoms with Gasteiger partial charge in [-0.3, -0.25) is 14.2 Å². The smallest absolute Gasteiger partial charge is 0.275 e. The van der Waals surface area contributed by atoms with Gasteiger partial charge in [-0.2, -0.15) is 0 Å². The molecule has 4 aromatic rings. The minimum absolute atomic E-state index is 0.00463. The molecular formula is C19H14Br2N6O2. The molecule has 146 valence electrons. The van der Waals surface area contributed by atoms with Crippen molar-refractivity contribution < 1.29 is 9.59 Å². The Labute approximate surface area is 181 Å². The third-order valence-electron chi connectivity index (χ3n) is 4.32. The molecule has 8 nitrogen and oxygen atoms in total. The fraction of sp³-hybridized carbons (Fsp3) is 0.0526. The summed E-state index contributed by atoms with van der Waals surface area (Å²) in [7, 11) is 0. The second-order valence-corrected chi connectivity index (χ2v) is 8.14. The van der Waals surface area contributed by atoms with Crippen molar-refractivity contribution in [1.29, 1.82) is 0 Å². The number of fused-ring (bicyclic) bond motifs is 1. The molecule has 0 aliphatic carbocycles. The topological polar surface area (TPSA) is 119 Å². The number of nitrogens with zero attached hydrogens (tertiary/aromatic N) is 3. The Morgan fingerprint density at radius 2 is 1.86 bits per heavy atom. The number of aromatic amines is 1. The van der Waals surface area contributed by atoms with Crippen molar-refractivity contribution in [3.8, 4) is 5.95 Å². The summed E-state index contributed by atoms with van der Waals surface area (Å²) in [6, 6.07) is 11.1. The number of anilines is 1. The summed E-state index contributed by atoms with van der Waals surface area (Å²) < 4.78 is 3.10. The van der Waals surface area contributed by atoms with Crippen LogP contribution in [0.25, 0.3) is 17.0 Å². The number of rotatable bonds is 4. The van der Waals surface area contributed by atoms with E-state index in [4.69, 9.17) is 5.73 Å². The first-order chi connectivity index (χ1) is 13.8. The van der Waals surface area contributed by atoms with E-state index in [1.165, 1.54) is 10.9 Å². The summed E-state index contributed by atoms with van der Waals surface area (Å²) in [6.45, 7) is 1.87. The molecule has 0 saturated heterocycles. The fourth-order valence-corrected chi connectivity index (χ4v) is 3.62. The Kier molecular flexibility index (Phi) is 4.97. The Morgan fingerprint density at radius 1 is 1.14 bits per heavy atom. The van der Waals surface area contributed by atoms with Gasteiger partial charge in [-0.25, -0.2) is 9.97 Å². The Morgan fingerprint density at radius 3 is 2.62 bits per heavy atom. The lowest BCUT2D eigenvalue weighted by atomic mass is 10.2. The van der Waals surface area contributed by atoms with Gasteiger partial charge in [-0.1, -0.05) is 37.9 Å². The second kappa shape index (κ2) is 7.45. The Balaban J connectivity index is 1.81. The molecule has 4 rings (SSSR count). The van der Waals surface area contributed by atoms with Crippen molar-refractivity contribution in [2.45, 2.75) is 6.92 Å². The van der Waals surface area contributed by atoms with Crippen LogP contribution in [0.4, 0.5) is 5.69 Å². The molecule has 0 saturated carbocycles. The molecule has 0 unspecified atom stereocenters. The average Bonchev–Trinajstić information content (AvgIpc) is 3.28. The van der Waals surface area contributed by atoms with Crippen molar-refractivity contribution in [3.63, 3.8) is 0 Å². The van der Waals surface area contributed by atoms with Crippen molar-refractivity contribution in [2.75, 3.05) is 5.32 Å². The maximum Gasteiger partial charge on any atom is 0.275 e. The van der Waals surface area contributed by atoms with E-state index in [0.717, 1.165) is 20.0 Å². The molecule has 2 amide bonds. The number of nitrogens with one attached hydrogen (secondary N) is 2. The van der Waals surface area contributed by atoms with Crippen LogP contribution < -0.4 is 11.1 Å². The summed E-state index contributed by atoms with van der Waals surface area (Å²) in [6.07, 6.45) is 1.34. The number of amides is 2. The SMILES string of the molecule is Cc1ccc(Br)cc1NC(=O)c1c(C(N)=O)ncn1-c1nc2ccc(Br)cc2[nH]1. The van der Waals surface area contributed by atoms with E-state index in [0.29, 0.717) is 17.2 Å². The third-order valence-corrected chi connectivity index (χ3v) is 5.31. The number of nitrogens with two attached hydrogens (primary N) is 1. The predicted molar refractivity (Wildman–Crippen MR) is 116 cm³/mol. The Bertz CT molecular complexity index is 1280. The lowest BCUT2D eigenvalue weighted by Crippen LogP contribution is -2.23. The molecule has 0 atom stereocenters. The van der Waals surface area contributed by atoms with Gasteiger partial charge in [0.25, 0.3) is 11.8 Å². The summed E-state index contributed by atoms with van der Waals surface area (Å²) in [5.41, 5.74) is 8.22. The highest BCUT2D eigenvalue weighted by molar-refractivity contribution is 9.10. The van der Waals surface area contributed by atoms with Crippen LogP contribution in [0, 0.1) is 6.92 Å². The number of aryl methyl sites for hydroxylation is 1. The maximum atomic E-state index is 13.1. The zero-order valence-electron chi connectivity index (χ0n) is 15.0. The number of primary amides is 1. The fourth-order valence-electron chi connectivity index (χ4n) is 2.90. The van der Waals surface area contributed by atoms with Gasteiger partial charge < -0.3 is 16.0 Å². The molecule has 0 fully saturated rings. The van der Waals surface area contributed by atoms with Crippen LogP contribution in [-0.4, -0.2) is 31.3 Å². The van der Waals surface area contributed by atoms with E-state index >= 15 is 0 Å². The molecule has 2 aromatic heterocycles. The quantitative estimate of drug-likeness (QED) is 0.380. The maximum absolute atomic E-state index is 13.1. The van der Waals surface area contributed by atoms with Gasteiger partial charge in [0.05, 0.1) is 11.0 Å². The van der Waals surface area contributed by atoms with Crippen LogP contribution in [0.3, 0.4) is 0 Å². The molecule has 29 heavy (non-hydrogen) atoms. The highest BCUT2D eigenvalue weighted by Gasteiger charge is 2.25. The minimum atomic E-state index is -0.807. The van der Waals surface area contributed by atoms with Crippen molar-refractivity contribution in [1.82, 2.24) is 19.5 Å². The average molecular weight is 518 g/mol. The number of imidazole rings is 2. The van der Waals surface area contributed by atoms with Gasteiger partial charge in [0.15, 0.2) is 5.69 Å². The molecule has 0 aliphatic heterocycles. The molecule has 0 radical (unpaired) electrons. The Hall–Kier alpha value is -2.98. The second-order valence-electron chi connectivity index (χ2n) is 6.31. The van der Waals surface area contributed by atoms with Gasteiger partial charge in [-0.15, -0.1) is 0 Å². The number of H-pyrrole nitrogens is 1. The molecular weight excluding hydrogens is 504 g/mol. The van der Waals surface area contributed by atoms with E-state index in [1.54, 1.807) is 6.07 Å². The standard InChI is InChI=1S/C19H14Br2N6O2/c1-9-2-3-10(20)6-13(9)24-18(29)16-15(17(22)28)23-8-27(16)19-25-12-5-4-11(21)7-14(12)26-19/h2-8H,1H3,(H2,22,28)(H,24,29)(H,25,26). The van der Waals surface area contributed by atoms with Crippen LogP contribution in [0.15, 0.2) is 51.7 Å². The van der Waals surface area contributed by atoms with Crippen LogP contribution >= 0.6 is 31.9 Å². The zero-order valence-corrected chi connectivity index (χ0v) is 18.2. The molecule has 4 N–H and O–H groups in total. The van der Waals surface area contributed by atoms with Crippen LogP contribution in [0.5, 0.6) is 0 Å². The van der Waals surface area contributed by atoms with Crippen LogP contribution in [0.2, 0.25) is 0 Å². The van der Waals surface area contributed by atoms with Gasteiger partial charge in [-0.05, 0) is 42.8 Å². The van der Waals surface area contributed by atoms with Crippen LogP contribution in [0.1, 0.15) is 26.5 Å². The number of benzene rings is 2. The van der Waals surface area contributed by atoms with E-state index in [1.807, 2.05) is 37.3 Å². The van der Waals surface area contributed by atoms with Crippen molar-refractivity contribution in [3.05, 3.63) is 68.6 Å². The minimum Gasteiger partial charge on any atom is -0.364 e. The summed E-state index contributed by atoms with van der Waals surface area (Å²) in [5, 5.41) is 2.82. The van der Waals surface area contributed by atoms with Gasteiger partial charge >= 0.3 is 0 Å². The first kappa shape index (κ1) is 19.3. The summed E-state index contributed by atoms with van der Waals surface area (Å²) >= 11 is 6.80. The zero-order chi connectivity index (χ0) is 20.7. The summed E-state index contributed by atoms with van der Waals surface area (Å²) in [4.78, 5) is 36.6. The molecule has 2 heterocycles. The van der Waals surface area contributed by atoms with Gasteiger partial charge in [0.1, 0.15) is 12.0 Å². The molecule has 0 bridgehead atoms. The predicted octanol–water partition coefficient (Wildman–Crippen LogP) is 3.93. The highest BCUT2D eigenvalue weighted by Crippen LogP contribution is 2.24. The van der Waals surface area contributed by atoms with E-state index in [9.17, 15) is 9.59 Å². The van der Waals surface area contributed by atoms with Crippen LogP contribution in [-0.2, 0) is 0 Å². The van der Waals surface area contributed by atoms with E-state index in [2.05, 4.69) is 52.1 Å². The number of hydrogen-bond acceptors (Lipinski definition) is 4. The summed E-state index contributed by atoms with van der Waals surface area (Å²) in [5.74, 6) is -0.993. The van der Waals surface area contributed by atoms with Gasteiger partial charge in [0.2, 0.25) is 5.95 Å². The number of halogens is 2. The first-order valence-electron chi connectivity index (χ1n) is 8.44. The molecule has 10 heteroatoms. The number of carbonyl (C=O) groups is 2. The van der Waals surface area contributed by atoms with Gasteiger partial charge in [0, 0.05) is 14.6 Å². The number of hydrogen-bond donors (Lipinski definition) is 3. The van der Waals surface area contributed by atoms with E-state index in [-0.39, 0.29) is 11.4 Å². The molecule has 2 aromatic carbocycles. The van der Waals surface area contributed by atoms with E-state index < -0.39 is 11.8 Å². The monoisotopic (exact) mass is 516 g/mol. The number of aromatic nitrogens is 4. The lowest BCUT2D eigenvalue weighted by Gasteiger charge is -2.10. The molecule has 0 spiro atoms. The highest BCUT2D eigenvalue weighted by atomic mass is 79.9. The first-order valence-corrected chi connectivity index (χ1v) is 10.0. The normalized spacial score (nSPS) is 11.0. The third kappa shape index (κ3) is 3.68. The van der Waals surface area contributed by atoms with Crippen molar-refractivity contribution >= 4 is 60.4 Å². The number of carbonyl (C=O) groups excluding carboxylic acids is 2. The lowest BCUT2D eigenvalue weighted by molar-refractivity contribution is 0.0971. The largest absolute Gasteiger partial charge is 0.364 e. The van der Waals surface area contributed by atoms with Crippen molar-refractivity contribution in [2.24, 2.45) is 5.73 Å². The molecule has 0 aliphatic rings.